The molecule has 2 aromatic heterocycles. The number of halogens is 1. The van der Waals surface area contributed by atoms with Crippen LogP contribution in [-0.4, -0.2) is 21.1 Å². The number of rotatable bonds is 4. The van der Waals surface area contributed by atoms with Crippen molar-refractivity contribution in [2.24, 2.45) is 7.05 Å². The average Bonchev–Trinajstić information content (AvgIpc) is 2.84. The molecule has 0 aliphatic carbocycles. The van der Waals surface area contributed by atoms with E-state index in [-0.39, 0.29) is 11.6 Å². The fourth-order valence-corrected chi connectivity index (χ4v) is 3.15. The lowest BCUT2D eigenvalue weighted by molar-refractivity contribution is 0.102. The molecule has 0 amide bonds. The van der Waals surface area contributed by atoms with Gasteiger partial charge in [0, 0.05) is 46.8 Å². The summed E-state index contributed by atoms with van der Waals surface area (Å²) in [6, 6.07) is 10.1. The van der Waals surface area contributed by atoms with E-state index in [1.165, 1.54) is 0 Å². The Morgan fingerprint density at radius 3 is 2.08 bits per heavy atom. The SMILES string of the molecule is Cc1c(C(=O)c2ccncc2)c(C)n(C)c1C(=O)c1ccc(Cl)cc1. The molecule has 0 unspecified atom stereocenters. The fraction of sp³-hybridized carbons (Fsp3) is 0.150. The molecule has 0 radical (unpaired) electrons. The van der Waals surface area contributed by atoms with Gasteiger partial charge in [0.2, 0.25) is 5.78 Å². The third-order valence-corrected chi connectivity index (χ3v) is 4.67. The highest BCUT2D eigenvalue weighted by molar-refractivity contribution is 6.30. The predicted molar refractivity (Wildman–Crippen MR) is 97.4 cm³/mol. The van der Waals surface area contributed by atoms with Gasteiger partial charge in [-0.25, -0.2) is 0 Å². The standard InChI is InChI=1S/C20H17ClN2O2/c1-12-17(19(24)15-8-10-22-11-9-15)13(2)23(3)18(12)20(25)14-4-6-16(21)7-5-14/h4-11H,1-3H3. The molecule has 3 rings (SSSR count). The average molecular weight is 353 g/mol. The summed E-state index contributed by atoms with van der Waals surface area (Å²) in [6.07, 6.45) is 3.17. The molecule has 0 spiro atoms. The molecule has 0 saturated carbocycles. The fourth-order valence-electron chi connectivity index (χ4n) is 3.02. The first-order valence-electron chi connectivity index (χ1n) is 7.82. The van der Waals surface area contributed by atoms with Gasteiger partial charge in [-0.2, -0.15) is 0 Å². The Labute approximate surface area is 151 Å². The molecule has 1 aromatic carbocycles. The summed E-state index contributed by atoms with van der Waals surface area (Å²) < 4.78 is 1.78. The smallest absolute Gasteiger partial charge is 0.209 e. The minimum absolute atomic E-state index is 0.108. The molecule has 4 nitrogen and oxygen atoms in total. The lowest BCUT2D eigenvalue weighted by Gasteiger charge is -2.06. The van der Waals surface area contributed by atoms with E-state index in [0.717, 1.165) is 5.69 Å². The van der Waals surface area contributed by atoms with E-state index in [2.05, 4.69) is 4.98 Å². The van der Waals surface area contributed by atoms with Gasteiger partial charge in [-0.3, -0.25) is 14.6 Å². The molecular weight excluding hydrogens is 336 g/mol. The second-order valence-corrected chi connectivity index (χ2v) is 6.33. The number of nitrogens with zero attached hydrogens (tertiary/aromatic N) is 2. The molecule has 3 aromatic rings. The lowest BCUT2D eigenvalue weighted by atomic mass is 9.98. The minimum Gasteiger partial charge on any atom is -0.344 e. The third-order valence-electron chi connectivity index (χ3n) is 4.42. The number of hydrogen-bond acceptors (Lipinski definition) is 3. The van der Waals surface area contributed by atoms with Gasteiger partial charge in [0.15, 0.2) is 5.78 Å². The first-order valence-corrected chi connectivity index (χ1v) is 8.20. The van der Waals surface area contributed by atoms with Crippen molar-refractivity contribution in [3.8, 4) is 0 Å². The van der Waals surface area contributed by atoms with Crippen LogP contribution in [0.3, 0.4) is 0 Å². The van der Waals surface area contributed by atoms with E-state index in [9.17, 15) is 9.59 Å². The van der Waals surface area contributed by atoms with E-state index < -0.39 is 0 Å². The van der Waals surface area contributed by atoms with Gasteiger partial charge in [0.25, 0.3) is 0 Å². The number of ketones is 2. The summed E-state index contributed by atoms with van der Waals surface area (Å²) in [5, 5.41) is 0.574. The predicted octanol–water partition coefficient (Wildman–Crippen LogP) is 4.15. The lowest BCUT2D eigenvalue weighted by Crippen LogP contribution is -2.09. The van der Waals surface area contributed by atoms with Crippen LogP contribution in [0.1, 0.15) is 43.2 Å². The van der Waals surface area contributed by atoms with E-state index in [4.69, 9.17) is 11.6 Å². The summed E-state index contributed by atoms with van der Waals surface area (Å²) in [5.74, 6) is -0.239. The van der Waals surface area contributed by atoms with E-state index in [1.807, 2.05) is 13.8 Å². The highest BCUT2D eigenvalue weighted by atomic mass is 35.5. The van der Waals surface area contributed by atoms with E-state index >= 15 is 0 Å². The molecule has 25 heavy (non-hydrogen) atoms. The quantitative estimate of drug-likeness (QED) is 0.663. The molecule has 126 valence electrons. The van der Waals surface area contributed by atoms with Crippen LogP contribution in [0.15, 0.2) is 48.8 Å². The largest absolute Gasteiger partial charge is 0.344 e. The zero-order valence-corrected chi connectivity index (χ0v) is 15.0. The van der Waals surface area contributed by atoms with Crippen LogP contribution >= 0.6 is 11.6 Å². The monoisotopic (exact) mass is 352 g/mol. The van der Waals surface area contributed by atoms with Crippen molar-refractivity contribution in [2.45, 2.75) is 13.8 Å². The summed E-state index contributed by atoms with van der Waals surface area (Å²) in [6.45, 7) is 3.66. The van der Waals surface area contributed by atoms with Crippen LogP contribution in [0.2, 0.25) is 5.02 Å². The molecule has 2 heterocycles. The van der Waals surface area contributed by atoms with E-state index in [1.54, 1.807) is 60.4 Å². The normalized spacial score (nSPS) is 10.7. The Kier molecular flexibility index (Phi) is 4.55. The maximum atomic E-state index is 12.9. The van der Waals surface area contributed by atoms with Crippen LogP contribution in [0, 0.1) is 13.8 Å². The van der Waals surface area contributed by atoms with Crippen molar-refractivity contribution < 1.29 is 9.59 Å². The van der Waals surface area contributed by atoms with E-state index in [0.29, 0.717) is 33.0 Å². The number of carbonyl (C=O) groups is 2. The summed E-state index contributed by atoms with van der Waals surface area (Å²) in [5.41, 5.74) is 3.61. The van der Waals surface area contributed by atoms with Gasteiger partial charge in [-0.15, -0.1) is 0 Å². The van der Waals surface area contributed by atoms with Crippen LogP contribution in [0.5, 0.6) is 0 Å². The van der Waals surface area contributed by atoms with Crippen molar-refractivity contribution in [3.05, 3.63) is 87.5 Å². The number of pyridine rings is 1. The second-order valence-electron chi connectivity index (χ2n) is 5.89. The van der Waals surface area contributed by atoms with Crippen LogP contribution in [-0.2, 0) is 7.05 Å². The zero-order valence-electron chi connectivity index (χ0n) is 14.2. The van der Waals surface area contributed by atoms with Gasteiger partial charge in [0.05, 0.1) is 5.69 Å². The summed E-state index contributed by atoms with van der Waals surface area (Å²) in [7, 11) is 1.80. The molecule has 0 aliphatic rings. The molecule has 0 bridgehead atoms. The van der Waals surface area contributed by atoms with Crippen LogP contribution in [0.25, 0.3) is 0 Å². The van der Waals surface area contributed by atoms with Crippen molar-refractivity contribution >= 4 is 23.2 Å². The summed E-state index contributed by atoms with van der Waals surface area (Å²) in [4.78, 5) is 29.8. The van der Waals surface area contributed by atoms with Gasteiger partial charge in [-0.05, 0) is 55.8 Å². The third kappa shape index (κ3) is 3.01. The maximum Gasteiger partial charge on any atom is 0.209 e. The molecular formula is C20H17ClN2O2. The molecule has 0 fully saturated rings. The number of hydrogen-bond donors (Lipinski definition) is 0. The number of benzene rings is 1. The summed E-state index contributed by atoms with van der Waals surface area (Å²) >= 11 is 5.90. The van der Waals surface area contributed by atoms with Gasteiger partial charge >= 0.3 is 0 Å². The van der Waals surface area contributed by atoms with Gasteiger partial charge < -0.3 is 4.57 Å². The highest BCUT2D eigenvalue weighted by Crippen LogP contribution is 2.26. The molecule has 0 aliphatic heterocycles. The molecule has 0 N–H and O–H groups in total. The van der Waals surface area contributed by atoms with Gasteiger partial charge in [0.1, 0.15) is 0 Å². The number of carbonyl (C=O) groups excluding carboxylic acids is 2. The van der Waals surface area contributed by atoms with Gasteiger partial charge in [-0.1, -0.05) is 11.6 Å². The highest BCUT2D eigenvalue weighted by Gasteiger charge is 2.26. The maximum absolute atomic E-state index is 12.9. The Balaban J connectivity index is 2.10. The van der Waals surface area contributed by atoms with Crippen molar-refractivity contribution in [3.63, 3.8) is 0 Å². The first-order chi connectivity index (χ1) is 11.9. The van der Waals surface area contributed by atoms with Crippen molar-refractivity contribution in [1.29, 1.82) is 0 Å². The van der Waals surface area contributed by atoms with Crippen LogP contribution < -0.4 is 0 Å². The Morgan fingerprint density at radius 1 is 0.920 bits per heavy atom. The Bertz CT molecular complexity index is 958. The molecule has 5 heteroatoms. The topological polar surface area (TPSA) is 52.0 Å². The minimum atomic E-state index is -0.131. The second kappa shape index (κ2) is 6.65. The Hall–Kier alpha value is -2.72. The van der Waals surface area contributed by atoms with Crippen molar-refractivity contribution in [1.82, 2.24) is 9.55 Å². The molecule has 0 atom stereocenters. The first kappa shape index (κ1) is 17.1. The zero-order chi connectivity index (χ0) is 18.1. The van der Waals surface area contributed by atoms with Crippen molar-refractivity contribution in [2.75, 3.05) is 0 Å². The van der Waals surface area contributed by atoms with Crippen LogP contribution in [0.4, 0.5) is 0 Å². The Morgan fingerprint density at radius 2 is 1.48 bits per heavy atom. The molecule has 0 saturated heterocycles. The number of aromatic nitrogens is 2.